The highest BCUT2D eigenvalue weighted by Gasteiger charge is 2.53. The SMILES string of the molecule is c1ccc(-c2cc(-c3ccc(-c4ccc5c(c4)C4(c6ccccc6Oc6ccccc64)c4ccccc4-5)cc3)nc(-c3ccc4c(c3)C3c5ccccc5C4c4cc(-c5nc(-c6ccccc6)cc(-c6ccc(-c7ccc8c(c7)C7(c9ccccc9Oc9ccccc97)c7ccccc7-8)cc6)n5)ccc43)n2)cc1. The lowest BCUT2D eigenvalue weighted by Crippen LogP contribution is -2.32. The molecule has 6 heteroatoms. The first-order valence-electron chi connectivity index (χ1n) is 37.2. The fourth-order valence-electron chi connectivity index (χ4n) is 19.2. The van der Waals surface area contributed by atoms with Gasteiger partial charge in [0.15, 0.2) is 11.6 Å². The number of nitrogens with zero attached hydrogens (tertiary/aromatic N) is 4. The lowest BCUT2D eigenvalue weighted by atomic mass is 9.61. The summed E-state index contributed by atoms with van der Waals surface area (Å²) in [6, 6.07) is 132. The first-order chi connectivity index (χ1) is 53.5. The summed E-state index contributed by atoms with van der Waals surface area (Å²) < 4.78 is 13.3. The van der Waals surface area contributed by atoms with Crippen molar-refractivity contribution < 1.29 is 9.47 Å². The second-order valence-corrected chi connectivity index (χ2v) is 29.3. The molecule has 0 radical (unpaired) electrons. The van der Waals surface area contributed by atoms with Crippen molar-refractivity contribution in [2.75, 3.05) is 0 Å². The Hall–Kier alpha value is -13.9. The van der Waals surface area contributed by atoms with Crippen molar-refractivity contribution in [1.82, 2.24) is 19.9 Å². The van der Waals surface area contributed by atoms with Crippen LogP contribution in [0.15, 0.2) is 364 Å². The minimum atomic E-state index is -0.554. The first kappa shape index (κ1) is 60.5. The molecular weight excluding hydrogens is 1310 g/mol. The van der Waals surface area contributed by atoms with Crippen LogP contribution in [0.3, 0.4) is 0 Å². The van der Waals surface area contributed by atoms with Crippen molar-refractivity contribution in [3.63, 3.8) is 0 Å². The van der Waals surface area contributed by atoms with Gasteiger partial charge < -0.3 is 9.47 Å². The zero-order chi connectivity index (χ0) is 70.8. The molecule has 0 saturated carbocycles. The lowest BCUT2D eigenvalue weighted by molar-refractivity contribution is 0.436. The van der Waals surface area contributed by atoms with Gasteiger partial charge >= 0.3 is 0 Å². The van der Waals surface area contributed by atoms with E-state index < -0.39 is 10.8 Å². The second kappa shape index (κ2) is 23.3. The summed E-state index contributed by atoms with van der Waals surface area (Å²) in [6.07, 6.45) is 0. The minimum Gasteiger partial charge on any atom is -0.457 e. The van der Waals surface area contributed by atoms with E-state index in [9.17, 15) is 0 Å². The maximum absolute atomic E-state index is 6.66. The number of aromatic nitrogens is 4. The van der Waals surface area contributed by atoms with Crippen LogP contribution in [0.5, 0.6) is 23.0 Å². The van der Waals surface area contributed by atoms with Gasteiger partial charge in [0.1, 0.15) is 23.0 Å². The third-order valence-corrected chi connectivity index (χ3v) is 23.9. The quantitative estimate of drug-likeness (QED) is 0.151. The van der Waals surface area contributed by atoms with Crippen LogP contribution in [-0.4, -0.2) is 19.9 Å². The van der Waals surface area contributed by atoms with E-state index >= 15 is 0 Å². The molecule has 7 aliphatic rings. The third kappa shape index (κ3) is 8.77. The van der Waals surface area contributed by atoms with E-state index in [4.69, 9.17) is 29.4 Å². The monoisotopic (exact) mass is 1370 g/mol. The van der Waals surface area contributed by atoms with Crippen molar-refractivity contribution in [3.8, 4) is 135 Å². The number of benzene rings is 15. The molecule has 24 rings (SSSR count). The van der Waals surface area contributed by atoms with Gasteiger partial charge in [0.2, 0.25) is 0 Å². The summed E-state index contributed by atoms with van der Waals surface area (Å²) in [7, 11) is 0. The van der Waals surface area contributed by atoms with Crippen LogP contribution in [-0.2, 0) is 10.8 Å². The number of hydrogen-bond donors (Lipinski definition) is 0. The molecule has 0 amide bonds. The van der Waals surface area contributed by atoms with Crippen molar-refractivity contribution in [1.29, 1.82) is 0 Å². The summed E-state index contributed by atoms with van der Waals surface area (Å²) in [6.45, 7) is 0. The number of rotatable bonds is 8. The predicted octanol–water partition coefficient (Wildman–Crippen LogP) is 24.5. The van der Waals surface area contributed by atoms with E-state index in [1.54, 1.807) is 0 Å². The largest absolute Gasteiger partial charge is 0.457 e. The Balaban J connectivity index is 0.588. The van der Waals surface area contributed by atoms with Crippen molar-refractivity contribution in [2.24, 2.45) is 0 Å². The Morgan fingerprint density at radius 1 is 0.185 bits per heavy atom. The summed E-state index contributed by atoms with van der Waals surface area (Å²) in [5, 5.41) is 0. The predicted molar refractivity (Wildman–Crippen MR) is 431 cm³/mol. The van der Waals surface area contributed by atoms with Crippen LogP contribution in [0.2, 0.25) is 0 Å². The zero-order valence-electron chi connectivity index (χ0n) is 58.4. The summed E-state index contributed by atoms with van der Waals surface area (Å²) >= 11 is 0. The smallest absolute Gasteiger partial charge is 0.160 e. The molecule has 2 spiro atoms. The Morgan fingerprint density at radius 3 is 0.843 bits per heavy atom. The van der Waals surface area contributed by atoms with Crippen LogP contribution in [0.4, 0.5) is 0 Å². The minimum absolute atomic E-state index is 0.0193. The average Bonchev–Trinajstić information content (AvgIpc) is 1.64. The highest BCUT2D eigenvalue weighted by Crippen LogP contribution is 2.65. The molecule has 2 atom stereocenters. The van der Waals surface area contributed by atoms with Gasteiger partial charge in [0.25, 0.3) is 0 Å². The molecule has 2 unspecified atom stereocenters. The van der Waals surface area contributed by atoms with Gasteiger partial charge in [-0.3, -0.25) is 0 Å². The number of para-hydroxylation sites is 4. The Morgan fingerprint density at radius 2 is 0.463 bits per heavy atom. The van der Waals surface area contributed by atoms with E-state index in [0.29, 0.717) is 11.6 Å². The van der Waals surface area contributed by atoms with E-state index in [0.717, 1.165) is 124 Å². The molecule has 0 saturated heterocycles. The number of hydrogen-bond acceptors (Lipinski definition) is 6. The van der Waals surface area contributed by atoms with Crippen LogP contribution < -0.4 is 9.47 Å². The molecule has 0 N–H and O–H groups in total. The molecule has 2 bridgehead atoms. The molecule has 4 heterocycles. The summed E-state index contributed by atoms with van der Waals surface area (Å²) in [5.74, 6) is 4.86. The van der Waals surface area contributed by atoms with Gasteiger partial charge in [0, 0.05) is 67.5 Å². The normalized spacial score (nSPS) is 15.1. The van der Waals surface area contributed by atoms with Crippen LogP contribution in [0, 0.1) is 0 Å². The first-order valence-corrected chi connectivity index (χ1v) is 37.2. The topological polar surface area (TPSA) is 70.0 Å². The van der Waals surface area contributed by atoms with Gasteiger partial charge in [-0.2, -0.15) is 0 Å². The maximum Gasteiger partial charge on any atom is 0.160 e. The van der Waals surface area contributed by atoms with E-state index in [2.05, 4.69) is 364 Å². The number of fused-ring (bicyclic) bond motifs is 18. The van der Waals surface area contributed by atoms with E-state index in [-0.39, 0.29) is 11.8 Å². The van der Waals surface area contributed by atoms with Crippen LogP contribution in [0.25, 0.3) is 112 Å². The van der Waals surface area contributed by atoms with Crippen molar-refractivity contribution in [2.45, 2.75) is 22.7 Å². The van der Waals surface area contributed by atoms with Crippen molar-refractivity contribution in [3.05, 3.63) is 442 Å². The Labute approximate surface area is 625 Å². The molecule has 2 aliphatic heterocycles. The molecule has 2 aromatic heterocycles. The molecular formula is C102H62N4O2. The Bertz CT molecular complexity index is 6150. The second-order valence-electron chi connectivity index (χ2n) is 29.3. The molecule has 15 aromatic carbocycles. The maximum atomic E-state index is 6.66. The van der Waals surface area contributed by atoms with Gasteiger partial charge in [-0.1, -0.05) is 303 Å². The Kier molecular flexibility index (Phi) is 13.0. The van der Waals surface area contributed by atoms with Gasteiger partial charge in [-0.05, 0) is 161 Å². The zero-order valence-corrected chi connectivity index (χ0v) is 58.4. The van der Waals surface area contributed by atoms with Crippen molar-refractivity contribution >= 4 is 0 Å². The summed E-state index contributed by atoms with van der Waals surface area (Å²) in [4.78, 5) is 21.8. The molecule has 6 nitrogen and oxygen atoms in total. The molecule has 108 heavy (non-hydrogen) atoms. The third-order valence-electron chi connectivity index (χ3n) is 23.9. The van der Waals surface area contributed by atoms with Crippen LogP contribution >= 0.6 is 0 Å². The highest BCUT2D eigenvalue weighted by atomic mass is 16.5. The summed E-state index contributed by atoms with van der Waals surface area (Å²) in [5.41, 5.74) is 35.3. The molecule has 502 valence electrons. The van der Waals surface area contributed by atoms with E-state index in [1.165, 1.54) is 77.9 Å². The van der Waals surface area contributed by atoms with Gasteiger partial charge in [-0.25, -0.2) is 19.9 Å². The van der Waals surface area contributed by atoms with Crippen LogP contribution in [0.1, 0.15) is 89.7 Å². The van der Waals surface area contributed by atoms with E-state index in [1.807, 2.05) is 0 Å². The number of ether oxygens (including phenoxy) is 2. The molecule has 17 aromatic rings. The lowest BCUT2D eigenvalue weighted by Gasteiger charge is -2.42. The fourth-order valence-corrected chi connectivity index (χ4v) is 19.2. The fraction of sp³-hybridized carbons (Fsp3) is 0.0392. The van der Waals surface area contributed by atoms with Gasteiger partial charge in [0.05, 0.1) is 33.6 Å². The molecule has 5 aliphatic carbocycles. The average molecular weight is 1380 g/mol. The highest BCUT2D eigenvalue weighted by molar-refractivity contribution is 5.93. The molecule has 0 fully saturated rings. The van der Waals surface area contributed by atoms with Gasteiger partial charge in [-0.15, -0.1) is 0 Å². The standard InChI is InChI=1S/C102H62N4O2/c1-3-21-63(22-4-1)89-59-91(65-43-39-61(40-44-65)67-47-51-73-71-25-9-11-29-81(71)101(87(73)57-67)83-31-13-17-35-93(83)107-94-36-18-14-32-84(94)101)105-99(103-89)69-49-53-77-79(55-69)97-75-27-7-8-28-76(75)98(77)80-56-70(50-54-78(80)97)100-104-90(64-23-5-2-6-24-64)60-92(106-100)66-45-41-62(42-46-66)68-48-52-74-72-26-10-12-30-82(72)102(88(74)58-68)85-33-15-19-37-95(85)108-96-38-20-16-34-86(96)102/h1-60,97-98H.